The molecule has 4 nitrogen and oxygen atoms in total. The van der Waals surface area contributed by atoms with Gasteiger partial charge in [-0.2, -0.15) is 0 Å². The first-order valence-electron chi connectivity index (χ1n) is 7.15. The Bertz CT molecular complexity index is 274. The Balaban J connectivity index is 2.55. The maximum Gasteiger partial charge on any atom is 0.229 e. The van der Waals surface area contributed by atoms with Crippen LogP contribution in [0.2, 0.25) is 0 Å². The van der Waals surface area contributed by atoms with E-state index in [9.17, 15) is 9.59 Å². The van der Waals surface area contributed by atoms with Crippen LogP contribution in [-0.4, -0.2) is 35.8 Å². The number of nitrogens with zero attached hydrogens (tertiary/aromatic N) is 1. The monoisotopic (exact) mass is 254 g/mol. The largest absolute Gasteiger partial charge is 0.312 e. The van der Waals surface area contributed by atoms with E-state index in [2.05, 4.69) is 19.2 Å². The molecule has 0 spiro atoms. The van der Waals surface area contributed by atoms with Gasteiger partial charge < -0.3 is 5.32 Å². The lowest BCUT2D eigenvalue weighted by atomic mass is 9.97. The van der Waals surface area contributed by atoms with E-state index in [1.807, 2.05) is 6.92 Å². The highest BCUT2D eigenvalue weighted by Gasteiger charge is 2.31. The summed E-state index contributed by atoms with van der Waals surface area (Å²) in [6.07, 6.45) is 4.16. The average molecular weight is 254 g/mol. The number of imide groups is 1. The van der Waals surface area contributed by atoms with E-state index in [-0.39, 0.29) is 23.8 Å². The predicted molar refractivity (Wildman–Crippen MR) is 72.1 cm³/mol. The molecule has 0 radical (unpaired) electrons. The maximum atomic E-state index is 11.9. The van der Waals surface area contributed by atoms with Crippen molar-refractivity contribution in [2.75, 3.05) is 13.1 Å². The topological polar surface area (TPSA) is 49.4 Å². The summed E-state index contributed by atoms with van der Waals surface area (Å²) in [5.41, 5.74) is 0. The van der Waals surface area contributed by atoms with Gasteiger partial charge in [0, 0.05) is 25.4 Å². The van der Waals surface area contributed by atoms with Crippen LogP contribution in [0.3, 0.4) is 0 Å². The first-order valence-corrected chi connectivity index (χ1v) is 7.15. The maximum absolute atomic E-state index is 11.9. The third-order valence-corrected chi connectivity index (χ3v) is 3.37. The van der Waals surface area contributed by atoms with Crippen molar-refractivity contribution < 1.29 is 9.59 Å². The van der Waals surface area contributed by atoms with E-state index in [4.69, 9.17) is 0 Å². The van der Waals surface area contributed by atoms with Gasteiger partial charge in [0.25, 0.3) is 0 Å². The molecule has 2 amide bonds. The lowest BCUT2D eigenvalue weighted by molar-refractivity contribution is -0.150. The second-order valence-corrected chi connectivity index (χ2v) is 5.35. The normalized spacial score (nSPS) is 19.4. The van der Waals surface area contributed by atoms with E-state index in [0.29, 0.717) is 19.4 Å². The fourth-order valence-corrected chi connectivity index (χ4v) is 2.41. The van der Waals surface area contributed by atoms with Crippen LogP contribution in [0, 0.1) is 5.92 Å². The van der Waals surface area contributed by atoms with Crippen molar-refractivity contribution in [3.63, 3.8) is 0 Å². The molecule has 18 heavy (non-hydrogen) atoms. The van der Waals surface area contributed by atoms with Gasteiger partial charge in [0.1, 0.15) is 0 Å². The standard InChI is InChI=1S/C14H26N2O2/c1-4-6-12(15-7-5-2)10-16-13(17)8-11(3)9-14(16)18/h11-12,15H,4-10H2,1-3H3. The Hall–Kier alpha value is -0.900. The molecule has 1 N–H and O–H groups in total. The van der Waals surface area contributed by atoms with Crippen LogP contribution < -0.4 is 5.32 Å². The fraction of sp³-hybridized carbons (Fsp3) is 0.857. The number of piperidine rings is 1. The first kappa shape index (κ1) is 15.2. The number of nitrogens with one attached hydrogen (secondary N) is 1. The van der Waals surface area contributed by atoms with E-state index in [1.54, 1.807) is 0 Å². The number of rotatable bonds is 7. The third-order valence-electron chi connectivity index (χ3n) is 3.37. The highest BCUT2D eigenvalue weighted by molar-refractivity contribution is 5.97. The van der Waals surface area contributed by atoms with Crippen molar-refractivity contribution in [1.82, 2.24) is 10.2 Å². The van der Waals surface area contributed by atoms with Crippen molar-refractivity contribution in [2.45, 2.75) is 58.9 Å². The van der Waals surface area contributed by atoms with Crippen LogP contribution in [0.15, 0.2) is 0 Å². The van der Waals surface area contributed by atoms with Gasteiger partial charge in [-0.3, -0.25) is 14.5 Å². The minimum Gasteiger partial charge on any atom is -0.312 e. The molecule has 104 valence electrons. The molecule has 0 bridgehead atoms. The van der Waals surface area contributed by atoms with Crippen LogP contribution in [0.1, 0.15) is 52.9 Å². The summed E-state index contributed by atoms with van der Waals surface area (Å²) in [6.45, 7) is 7.69. The van der Waals surface area contributed by atoms with Crippen molar-refractivity contribution in [2.24, 2.45) is 5.92 Å². The van der Waals surface area contributed by atoms with Gasteiger partial charge in [0.2, 0.25) is 11.8 Å². The van der Waals surface area contributed by atoms with Crippen LogP contribution in [0.4, 0.5) is 0 Å². The van der Waals surface area contributed by atoms with Crippen LogP contribution in [-0.2, 0) is 9.59 Å². The zero-order valence-electron chi connectivity index (χ0n) is 11.9. The Morgan fingerprint density at radius 3 is 2.33 bits per heavy atom. The Morgan fingerprint density at radius 1 is 1.22 bits per heavy atom. The molecular formula is C14H26N2O2. The molecule has 1 aliphatic heterocycles. The minimum absolute atomic E-state index is 0.00171. The van der Waals surface area contributed by atoms with Crippen molar-refractivity contribution in [3.8, 4) is 0 Å². The fourth-order valence-electron chi connectivity index (χ4n) is 2.41. The molecule has 0 saturated carbocycles. The van der Waals surface area contributed by atoms with Crippen molar-refractivity contribution in [3.05, 3.63) is 0 Å². The quantitative estimate of drug-likeness (QED) is 0.706. The number of likely N-dealkylation sites (tertiary alicyclic amines) is 1. The summed E-state index contributed by atoms with van der Waals surface area (Å²) >= 11 is 0. The highest BCUT2D eigenvalue weighted by atomic mass is 16.2. The summed E-state index contributed by atoms with van der Waals surface area (Å²) in [7, 11) is 0. The number of carbonyl (C=O) groups is 2. The van der Waals surface area contributed by atoms with E-state index >= 15 is 0 Å². The van der Waals surface area contributed by atoms with Crippen LogP contribution >= 0.6 is 0 Å². The summed E-state index contributed by atoms with van der Waals surface area (Å²) < 4.78 is 0. The smallest absolute Gasteiger partial charge is 0.229 e. The SMILES string of the molecule is CCCNC(CCC)CN1C(=O)CC(C)CC1=O. The zero-order valence-corrected chi connectivity index (χ0v) is 11.9. The lowest BCUT2D eigenvalue weighted by Gasteiger charge is -2.31. The molecule has 1 aliphatic rings. The highest BCUT2D eigenvalue weighted by Crippen LogP contribution is 2.19. The molecule has 1 atom stereocenters. The Labute approximate surface area is 110 Å². The Morgan fingerprint density at radius 2 is 1.83 bits per heavy atom. The number of carbonyl (C=O) groups excluding carboxylic acids is 2. The molecule has 1 rings (SSSR count). The van der Waals surface area contributed by atoms with Gasteiger partial charge in [-0.15, -0.1) is 0 Å². The van der Waals surface area contributed by atoms with Gasteiger partial charge in [0.15, 0.2) is 0 Å². The van der Waals surface area contributed by atoms with Gasteiger partial charge in [-0.25, -0.2) is 0 Å². The molecule has 0 aliphatic carbocycles. The third kappa shape index (κ3) is 4.41. The summed E-state index contributed by atoms with van der Waals surface area (Å²) in [5.74, 6) is 0.200. The molecule has 0 aromatic carbocycles. The van der Waals surface area contributed by atoms with Gasteiger partial charge in [-0.05, 0) is 25.3 Å². The van der Waals surface area contributed by atoms with E-state index in [0.717, 1.165) is 25.8 Å². The zero-order chi connectivity index (χ0) is 13.5. The number of hydrogen-bond acceptors (Lipinski definition) is 3. The molecule has 4 heteroatoms. The second-order valence-electron chi connectivity index (χ2n) is 5.35. The van der Waals surface area contributed by atoms with Crippen molar-refractivity contribution in [1.29, 1.82) is 0 Å². The predicted octanol–water partition coefficient (Wildman–Crippen LogP) is 1.94. The van der Waals surface area contributed by atoms with E-state index < -0.39 is 0 Å². The molecule has 0 aromatic heterocycles. The number of hydrogen-bond donors (Lipinski definition) is 1. The average Bonchev–Trinajstić information content (AvgIpc) is 2.30. The summed E-state index contributed by atoms with van der Waals surface area (Å²) in [6, 6.07) is 0.247. The number of amides is 2. The molecule has 1 unspecified atom stereocenters. The summed E-state index contributed by atoms with van der Waals surface area (Å²) in [4.78, 5) is 25.3. The van der Waals surface area contributed by atoms with Gasteiger partial charge in [-0.1, -0.05) is 27.2 Å². The second kappa shape index (κ2) is 7.52. The lowest BCUT2D eigenvalue weighted by Crippen LogP contribution is -2.49. The summed E-state index contributed by atoms with van der Waals surface area (Å²) in [5, 5.41) is 3.42. The minimum atomic E-state index is -0.00171. The molecule has 1 heterocycles. The van der Waals surface area contributed by atoms with Gasteiger partial charge >= 0.3 is 0 Å². The van der Waals surface area contributed by atoms with E-state index in [1.165, 1.54) is 4.90 Å². The molecule has 0 aromatic rings. The first-order chi connectivity index (χ1) is 8.58. The van der Waals surface area contributed by atoms with Crippen LogP contribution in [0.5, 0.6) is 0 Å². The van der Waals surface area contributed by atoms with Crippen molar-refractivity contribution >= 4 is 11.8 Å². The molecule has 1 saturated heterocycles. The van der Waals surface area contributed by atoms with Crippen LogP contribution in [0.25, 0.3) is 0 Å². The van der Waals surface area contributed by atoms with Gasteiger partial charge in [0.05, 0.1) is 0 Å². The Kier molecular flexibility index (Phi) is 6.33. The molecule has 1 fully saturated rings. The molecular weight excluding hydrogens is 228 g/mol.